The van der Waals surface area contributed by atoms with Crippen molar-refractivity contribution in [1.82, 2.24) is 4.90 Å². The molecule has 0 N–H and O–H groups in total. The largest absolute Gasteiger partial charge is 0.299 e. The molecule has 1 atom stereocenters. The SMILES string of the molecule is CCCS(=O)(=O)CCN1CCCC1CBr. The number of rotatable bonds is 6. The van der Waals surface area contributed by atoms with Gasteiger partial charge in [-0.25, -0.2) is 8.42 Å². The highest BCUT2D eigenvalue weighted by molar-refractivity contribution is 9.09. The van der Waals surface area contributed by atoms with E-state index in [4.69, 9.17) is 0 Å². The molecule has 5 heteroatoms. The molecule has 1 fully saturated rings. The molecule has 90 valence electrons. The van der Waals surface area contributed by atoms with E-state index in [1.807, 2.05) is 6.92 Å². The van der Waals surface area contributed by atoms with Crippen molar-refractivity contribution in [2.75, 3.05) is 29.9 Å². The predicted octanol–water partition coefficient (Wildman–Crippen LogP) is 1.67. The summed E-state index contributed by atoms with van der Waals surface area (Å²) >= 11 is 3.48. The maximum atomic E-state index is 11.5. The summed E-state index contributed by atoms with van der Waals surface area (Å²) in [7, 11) is -2.81. The molecule has 0 amide bonds. The van der Waals surface area contributed by atoms with Crippen molar-refractivity contribution in [2.24, 2.45) is 0 Å². The number of nitrogens with zero attached hydrogens (tertiary/aromatic N) is 1. The van der Waals surface area contributed by atoms with Crippen molar-refractivity contribution in [2.45, 2.75) is 32.2 Å². The molecule has 3 nitrogen and oxygen atoms in total. The smallest absolute Gasteiger partial charge is 0.151 e. The summed E-state index contributed by atoms with van der Waals surface area (Å²) in [6.45, 7) is 3.67. The van der Waals surface area contributed by atoms with E-state index in [2.05, 4.69) is 20.8 Å². The maximum absolute atomic E-state index is 11.5. The molecule has 0 aromatic carbocycles. The van der Waals surface area contributed by atoms with Crippen molar-refractivity contribution < 1.29 is 8.42 Å². The monoisotopic (exact) mass is 297 g/mol. The van der Waals surface area contributed by atoms with Gasteiger partial charge in [-0.05, 0) is 25.8 Å². The van der Waals surface area contributed by atoms with Gasteiger partial charge in [0.15, 0.2) is 9.84 Å². The van der Waals surface area contributed by atoms with Gasteiger partial charge in [-0.2, -0.15) is 0 Å². The number of sulfone groups is 1. The van der Waals surface area contributed by atoms with E-state index in [1.54, 1.807) is 0 Å². The van der Waals surface area contributed by atoms with Gasteiger partial charge in [-0.1, -0.05) is 22.9 Å². The van der Waals surface area contributed by atoms with Crippen LogP contribution in [0.4, 0.5) is 0 Å². The van der Waals surface area contributed by atoms with Crippen molar-refractivity contribution in [1.29, 1.82) is 0 Å². The molecular formula is C10H20BrNO2S. The summed E-state index contributed by atoms with van der Waals surface area (Å²) in [5.74, 6) is 0.657. The molecule has 1 heterocycles. The van der Waals surface area contributed by atoms with Crippen LogP contribution in [0.15, 0.2) is 0 Å². The Kier molecular flexibility index (Phi) is 5.57. The molecule has 0 bridgehead atoms. The molecule has 0 aromatic rings. The molecular weight excluding hydrogens is 278 g/mol. The highest BCUT2D eigenvalue weighted by Gasteiger charge is 2.24. The Hall–Kier alpha value is 0.390. The van der Waals surface area contributed by atoms with Gasteiger partial charge in [-0.3, -0.25) is 4.90 Å². The Morgan fingerprint density at radius 2 is 2.13 bits per heavy atom. The van der Waals surface area contributed by atoms with Crippen LogP contribution in [-0.4, -0.2) is 49.3 Å². The zero-order valence-electron chi connectivity index (χ0n) is 9.28. The fourth-order valence-electron chi connectivity index (χ4n) is 2.03. The third kappa shape index (κ3) is 4.41. The second kappa shape index (κ2) is 6.21. The van der Waals surface area contributed by atoms with Crippen molar-refractivity contribution in [3.05, 3.63) is 0 Å². The molecule has 0 aromatic heterocycles. The van der Waals surface area contributed by atoms with E-state index in [-0.39, 0.29) is 0 Å². The van der Waals surface area contributed by atoms with Crippen LogP contribution in [0.25, 0.3) is 0 Å². The van der Waals surface area contributed by atoms with Crippen molar-refractivity contribution in [3.8, 4) is 0 Å². The lowest BCUT2D eigenvalue weighted by atomic mass is 10.2. The van der Waals surface area contributed by atoms with Crippen LogP contribution in [0.2, 0.25) is 0 Å². The molecule has 1 unspecified atom stereocenters. The second-order valence-corrected chi connectivity index (χ2v) is 7.09. The topological polar surface area (TPSA) is 37.4 Å². The van der Waals surface area contributed by atoms with E-state index >= 15 is 0 Å². The van der Waals surface area contributed by atoms with Gasteiger partial charge in [0.25, 0.3) is 0 Å². The first-order chi connectivity index (χ1) is 7.09. The molecule has 15 heavy (non-hydrogen) atoms. The highest BCUT2D eigenvalue weighted by Crippen LogP contribution is 2.18. The second-order valence-electron chi connectivity index (χ2n) is 4.14. The quantitative estimate of drug-likeness (QED) is 0.700. The maximum Gasteiger partial charge on any atom is 0.151 e. The lowest BCUT2D eigenvalue weighted by Crippen LogP contribution is -2.35. The minimum atomic E-state index is -2.81. The van der Waals surface area contributed by atoms with Crippen LogP contribution in [0.5, 0.6) is 0 Å². The number of hydrogen-bond acceptors (Lipinski definition) is 3. The summed E-state index contributed by atoms with van der Waals surface area (Å²) in [5, 5.41) is 0.959. The van der Waals surface area contributed by atoms with E-state index in [0.717, 1.165) is 18.3 Å². The lowest BCUT2D eigenvalue weighted by molar-refractivity contribution is 0.289. The van der Waals surface area contributed by atoms with Gasteiger partial charge in [0.2, 0.25) is 0 Å². The Morgan fingerprint density at radius 1 is 1.40 bits per heavy atom. The fraction of sp³-hybridized carbons (Fsp3) is 1.00. The molecule has 0 radical (unpaired) electrons. The van der Waals surface area contributed by atoms with E-state index < -0.39 is 9.84 Å². The fourth-order valence-corrected chi connectivity index (χ4v) is 4.11. The van der Waals surface area contributed by atoms with E-state index in [1.165, 1.54) is 12.8 Å². The molecule has 0 aliphatic carbocycles. The Morgan fingerprint density at radius 3 is 2.73 bits per heavy atom. The summed E-state index contributed by atoms with van der Waals surface area (Å²) in [5.41, 5.74) is 0. The molecule has 1 saturated heterocycles. The summed E-state index contributed by atoms with van der Waals surface area (Å²) < 4.78 is 23.1. The van der Waals surface area contributed by atoms with Gasteiger partial charge >= 0.3 is 0 Å². The van der Waals surface area contributed by atoms with Crippen LogP contribution in [0.3, 0.4) is 0 Å². The van der Waals surface area contributed by atoms with Crippen LogP contribution in [0, 0.1) is 0 Å². The zero-order valence-corrected chi connectivity index (χ0v) is 11.7. The molecule has 1 aliphatic heterocycles. The summed E-state index contributed by atoms with van der Waals surface area (Å²) in [6.07, 6.45) is 3.12. The number of hydrogen-bond donors (Lipinski definition) is 0. The van der Waals surface area contributed by atoms with Crippen LogP contribution in [-0.2, 0) is 9.84 Å². The van der Waals surface area contributed by atoms with Gasteiger partial charge in [0.05, 0.1) is 5.75 Å². The van der Waals surface area contributed by atoms with Gasteiger partial charge < -0.3 is 0 Å². The zero-order chi connectivity index (χ0) is 11.3. The van der Waals surface area contributed by atoms with Crippen LogP contribution in [0.1, 0.15) is 26.2 Å². The minimum absolute atomic E-state index is 0.324. The molecule has 0 spiro atoms. The third-order valence-electron chi connectivity index (χ3n) is 2.88. The van der Waals surface area contributed by atoms with Crippen molar-refractivity contribution >= 4 is 25.8 Å². The first-order valence-electron chi connectivity index (χ1n) is 5.59. The minimum Gasteiger partial charge on any atom is -0.299 e. The van der Waals surface area contributed by atoms with Crippen LogP contribution >= 0.6 is 15.9 Å². The Bertz CT molecular complexity index is 279. The highest BCUT2D eigenvalue weighted by atomic mass is 79.9. The van der Waals surface area contributed by atoms with Gasteiger partial charge in [-0.15, -0.1) is 0 Å². The Labute approximate surface area is 101 Å². The Balaban J connectivity index is 2.36. The molecule has 1 rings (SSSR count). The van der Waals surface area contributed by atoms with E-state index in [0.29, 0.717) is 24.1 Å². The number of alkyl halides is 1. The first-order valence-corrected chi connectivity index (χ1v) is 8.54. The first kappa shape index (κ1) is 13.5. The third-order valence-corrected chi connectivity index (χ3v) is 5.46. The average molecular weight is 298 g/mol. The standard InChI is InChI=1S/C10H20BrNO2S/c1-2-7-15(13,14)8-6-12-5-3-4-10(12)9-11/h10H,2-9H2,1H3. The lowest BCUT2D eigenvalue weighted by Gasteiger charge is -2.22. The number of likely N-dealkylation sites (tertiary alicyclic amines) is 1. The molecule has 1 aliphatic rings. The number of halogens is 1. The molecule has 0 saturated carbocycles. The van der Waals surface area contributed by atoms with Crippen LogP contribution < -0.4 is 0 Å². The van der Waals surface area contributed by atoms with Gasteiger partial charge in [0, 0.05) is 23.7 Å². The predicted molar refractivity (Wildman–Crippen MR) is 67.3 cm³/mol. The average Bonchev–Trinajstić information content (AvgIpc) is 2.62. The summed E-state index contributed by atoms with van der Waals surface area (Å²) in [6, 6.07) is 0.543. The summed E-state index contributed by atoms with van der Waals surface area (Å²) in [4.78, 5) is 2.29. The normalized spacial score (nSPS) is 23.5. The van der Waals surface area contributed by atoms with E-state index in [9.17, 15) is 8.42 Å². The van der Waals surface area contributed by atoms with Crippen molar-refractivity contribution in [3.63, 3.8) is 0 Å². The van der Waals surface area contributed by atoms with Gasteiger partial charge in [0.1, 0.15) is 0 Å².